The third-order valence-electron chi connectivity index (χ3n) is 4.12. The van der Waals surface area contributed by atoms with Crippen LogP contribution in [0.5, 0.6) is 0 Å². The van der Waals surface area contributed by atoms with Crippen LogP contribution in [0.3, 0.4) is 0 Å². The predicted octanol–water partition coefficient (Wildman–Crippen LogP) is 1.98. The second-order valence-electron chi connectivity index (χ2n) is 6.18. The normalized spacial score (nSPS) is 21.0. The van der Waals surface area contributed by atoms with Crippen LogP contribution < -0.4 is 5.32 Å². The average molecular weight is 315 g/mol. The van der Waals surface area contributed by atoms with Gasteiger partial charge in [-0.1, -0.05) is 35.5 Å². The van der Waals surface area contributed by atoms with Gasteiger partial charge in [-0.15, -0.1) is 5.10 Å². The fourth-order valence-corrected chi connectivity index (χ4v) is 2.73. The summed E-state index contributed by atoms with van der Waals surface area (Å²) in [6.07, 6.45) is 2.21. The molecule has 1 unspecified atom stereocenters. The van der Waals surface area contributed by atoms with Gasteiger partial charge in [-0.25, -0.2) is 9.48 Å². The fraction of sp³-hybridized carbons (Fsp3) is 0.438. The number of aliphatic hydroxyl groups is 1. The van der Waals surface area contributed by atoms with Crippen molar-refractivity contribution in [2.45, 2.75) is 31.9 Å². The number of hydrogen-bond acceptors (Lipinski definition) is 4. The zero-order valence-corrected chi connectivity index (χ0v) is 13.3. The first-order chi connectivity index (χ1) is 11.0. The molecule has 2 amide bonds. The van der Waals surface area contributed by atoms with E-state index in [1.54, 1.807) is 15.8 Å². The molecule has 1 aromatic heterocycles. The number of carbonyl (C=O) groups excluding carboxylic acids is 1. The summed E-state index contributed by atoms with van der Waals surface area (Å²) in [5, 5.41) is 21.4. The summed E-state index contributed by atoms with van der Waals surface area (Å²) in [7, 11) is 0. The van der Waals surface area contributed by atoms with Gasteiger partial charge in [0.05, 0.1) is 12.7 Å². The maximum absolute atomic E-state index is 12.3. The molecule has 0 aliphatic carbocycles. The minimum Gasteiger partial charge on any atom is -0.383 e. The van der Waals surface area contributed by atoms with E-state index >= 15 is 0 Å². The molecule has 1 aliphatic heterocycles. The van der Waals surface area contributed by atoms with E-state index in [4.69, 9.17) is 0 Å². The van der Waals surface area contributed by atoms with E-state index in [1.165, 1.54) is 0 Å². The second kappa shape index (κ2) is 6.00. The van der Waals surface area contributed by atoms with Gasteiger partial charge in [-0.3, -0.25) is 5.32 Å². The topological polar surface area (TPSA) is 83.3 Å². The summed E-state index contributed by atoms with van der Waals surface area (Å²) in [5.74, 6) is 0.416. The smallest absolute Gasteiger partial charge is 0.323 e. The molecule has 1 atom stereocenters. The number of hydrogen-bond donors (Lipinski definition) is 2. The summed E-state index contributed by atoms with van der Waals surface area (Å²) < 4.78 is 1.68. The number of nitrogens with zero attached hydrogens (tertiary/aromatic N) is 4. The van der Waals surface area contributed by atoms with Crippen molar-refractivity contribution in [1.82, 2.24) is 19.9 Å². The molecule has 1 aromatic carbocycles. The molecule has 2 aromatic rings. The van der Waals surface area contributed by atoms with Gasteiger partial charge in [-0.05, 0) is 25.8 Å². The molecule has 1 fully saturated rings. The Bertz CT molecular complexity index is 685. The maximum Gasteiger partial charge on any atom is 0.323 e. The van der Waals surface area contributed by atoms with E-state index < -0.39 is 5.60 Å². The number of rotatable bonds is 3. The highest BCUT2D eigenvalue weighted by Crippen LogP contribution is 2.31. The van der Waals surface area contributed by atoms with Crippen molar-refractivity contribution in [3.8, 4) is 0 Å². The van der Waals surface area contributed by atoms with Crippen molar-refractivity contribution >= 4 is 11.8 Å². The third kappa shape index (κ3) is 3.19. The minimum absolute atomic E-state index is 0.183. The van der Waals surface area contributed by atoms with Crippen LogP contribution in [0.1, 0.15) is 31.9 Å². The highest BCUT2D eigenvalue weighted by atomic mass is 16.3. The molecule has 0 saturated carbocycles. The van der Waals surface area contributed by atoms with Crippen LogP contribution in [0.25, 0.3) is 0 Å². The summed E-state index contributed by atoms with van der Waals surface area (Å²) in [6, 6.07) is 9.37. The van der Waals surface area contributed by atoms with Gasteiger partial charge in [0, 0.05) is 12.6 Å². The Labute approximate surface area is 134 Å². The van der Waals surface area contributed by atoms with Crippen LogP contribution in [0.4, 0.5) is 10.6 Å². The van der Waals surface area contributed by atoms with Crippen molar-refractivity contribution in [3.05, 3.63) is 42.1 Å². The minimum atomic E-state index is -0.992. The van der Waals surface area contributed by atoms with Gasteiger partial charge in [-0.2, -0.15) is 0 Å². The van der Waals surface area contributed by atoms with Crippen molar-refractivity contribution < 1.29 is 9.90 Å². The summed E-state index contributed by atoms with van der Waals surface area (Å²) in [5.41, 5.74) is -0.158. The first kappa shape index (κ1) is 15.5. The quantitative estimate of drug-likeness (QED) is 0.907. The second-order valence-corrected chi connectivity index (χ2v) is 6.18. The molecule has 2 heterocycles. The van der Waals surface area contributed by atoms with Crippen LogP contribution in [0.2, 0.25) is 0 Å². The molecule has 2 N–H and O–H groups in total. The van der Waals surface area contributed by atoms with Crippen LogP contribution in [-0.4, -0.2) is 44.1 Å². The monoisotopic (exact) mass is 315 g/mol. The molecule has 7 nitrogen and oxygen atoms in total. The van der Waals surface area contributed by atoms with E-state index in [-0.39, 0.29) is 18.6 Å². The first-order valence-corrected chi connectivity index (χ1v) is 7.73. The lowest BCUT2D eigenvalue weighted by atomic mass is 9.93. The largest absolute Gasteiger partial charge is 0.383 e. The van der Waals surface area contributed by atoms with Gasteiger partial charge < -0.3 is 10.0 Å². The molecule has 1 saturated heterocycles. The maximum atomic E-state index is 12.3. The van der Waals surface area contributed by atoms with Gasteiger partial charge in [0.1, 0.15) is 5.60 Å². The van der Waals surface area contributed by atoms with Crippen molar-refractivity contribution in [1.29, 1.82) is 0 Å². The third-order valence-corrected chi connectivity index (χ3v) is 4.12. The van der Waals surface area contributed by atoms with E-state index in [2.05, 4.69) is 15.6 Å². The Morgan fingerprint density at radius 1 is 1.35 bits per heavy atom. The van der Waals surface area contributed by atoms with E-state index in [0.717, 1.165) is 5.56 Å². The van der Waals surface area contributed by atoms with Crippen molar-refractivity contribution in [2.75, 3.05) is 18.4 Å². The summed E-state index contributed by atoms with van der Waals surface area (Å²) >= 11 is 0. The Morgan fingerprint density at radius 3 is 2.74 bits per heavy atom. The Balaban J connectivity index is 1.65. The highest BCUT2D eigenvalue weighted by molar-refractivity contribution is 5.88. The zero-order chi connectivity index (χ0) is 16.4. The lowest BCUT2D eigenvalue weighted by molar-refractivity contribution is 0.0500. The van der Waals surface area contributed by atoms with Crippen LogP contribution >= 0.6 is 0 Å². The standard InChI is InChI=1S/C16H21N5O2/c1-12(2)21-10-14(18-19-21)17-15(22)20-9-8-16(23,11-20)13-6-4-3-5-7-13/h3-7,10,12,23H,8-9,11H2,1-2H3,(H,17,22). The Kier molecular flexibility index (Phi) is 4.04. The van der Waals surface area contributed by atoms with Crippen molar-refractivity contribution in [3.63, 3.8) is 0 Å². The number of carbonyl (C=O) groups is 1. The molecule has 0 bridgehead atoms. The van der Waals surface area contributed by atoms with E-state index in [1.807, 2.05) is 44.2 Å². The molecule has 0 radical (unpaired) electrons. The van der Waals surface area contributed by atoms with Gasteiger partial charge >= 0.3 is 6.03 Å². The Hall–Kier alpha value is -2.41. The molecule has 7 heteroatoms. The lowest BCUT2D eigenvalue weighted by Crippen LogP contribution is -2.37. The first-order valence-electron chi connectivity index (χ1n) is 7.73. The average Bonchev–Trinajstić information content (AvgIpc) is 3.16. The summed E-state index contributed by atoms with van der Waals surface area (Å²) in [4.78, 5) is 13.9. The van der Waals surface area contributed by atoms with Gasteiger partial charge in [0.25, 0.3) is 0 Å². The van der Waals surface area contributed by atoms with Crippen LogP contribution in [-0.2, 0) is 5.60 Å². The van der Waals surface area contributed by atoms with Crippen molar-refractivity contribution in [2.24, 2.45) is 0 Å². The van der Waals surface area contributed by atoms with E-state index in [0.29, 0.717) is 18.8 Å². The number of benzene rings is 1. The molecule has 1 aliphatic rings. The number of nitrogens with one attached hydrogen (secondary N) is 1. The summed E-state index contributed by atoms with van der Waals surface area (Å²) in [6.45, 7) is 4.73. The number of anilines is 1. The van der Waals surface area contributed by atoms with Crippen LogP contribution in [0, 0.1) is 0 Å². The molecular formula is C16H21N5O2. The zero-order valence-electron chi connectivity index (χ0n) is 13.3. The number of likely N-dealkylation sites (tertiary alicyclic amines) is 1. The van der Waals surface area contributed by atoms with E-state index in [9.17, 15) is 9.90 Å². The molecule has 122 valence electrons. The van der Waals surface area contributed by atoms with Crippen LogP contribution in [0.15, 0.2) is 36.5 Å². The highest BCUT2D eigenvalue weighted by Gasteiger charge is 2.39. The number of urea groups is 1. The molecular weight excluding hydrogens is 294 g/mol. The molecule has 0 spiro atoms. The number of aromatic nitrogens is 3. The fourth-order valence-electron chi connectivity index (χ4n) is 2.73. The Morgan fingerprint density at radius 2 is 2.09 bits per heavy atom. The lowest BCUT2D eigenvalue weighted by Gasteiger charge is -2.23. The molecule has 23 heavy (non-hydrogen) atoms. The number of β-amino-alcohol motifs (C(OH)–C–C–N with tert-alkyl or cyclic N) is 1. The van der Waals surface area contributed by atoms with Gasteiger partial charge in [0.15, 0.2) is 5.82 Å². The molecule has 3 rings (SSSR count). The number of amides is 2. The SMILES string of the molecule is CC(C)n1cc(NC(=O)N2CCC(O)(c3ccccc3)C2)nn1. The predicted molar refractivity (Wildman–Crippen MR) is 86.0 cm³/mol. The van der Waals surface area contributed by atoms with Gasteiger partial charge in [0.2, 0.25) is 0 Å².